The minimum absolute atomic E-state index is 0.172. The lowest BCUT2D eigenvalue weighted by atomic mass is 10.2. The maximum atomic E-state index is 7.27. The van der Waals surface area contributed by atoms with Gasteiger partial charge in [-0.3, -0.25) is 5.41 Å². The van der Waals surface area contributed by atoms with Crippen LogP contribution in [0.1, 0.15) is 11.5 Å². The van der Waals surface area contributed by atoms with Crippen LogP contribution in [0.15, 0.2) is 24.4 Å². The summed E-state index contributed by atoms with van der Waals surface area (Å²) in [5, 5.41) is 7.27. The molecule has 2 aromatic heterocycles. The van der Waals surface area contributed by atoms with E-state index < -0.39 is 0 Å². The molecule has 0 radical (unpaired) electrons. The highest BCUT2D eigenvalue weighted by Crippen LogP contribution is 2.10. The molecule has 72 valence electrons. The van der Waals surface area contributed by atoms with E-state index in [1.165, 1.54) is 0 Å². The van der Waals surface area contributed by atoms with E-state index in [4.69, 9.17) is 11.1 Å². The van der Waals surface area contributed by atoms with Crippen LogP contribution in [0.25, 0.3) is 5.52 Å². The molecular formula is C10H12N4. The quantitative estimate of drug-likeness (QED) is 0.547. The summed E-state index contributed by atoms with van der Waals surface area (Å²) < 4.78 is 2.02. The number of hydrogen-bond acceptors (Lipinski definition) is 2. The van der Waals surface area contributed by atoms with Crippen molar-refractivity contribution < 1.29 is 0 Å². The van der Waals surface area contributed by atoms with E-state index in [0.717, 1.165) is 17.0 Å². The van der Waals surface area contributed by atoms with E-state index in [9.17, 15) is 0 Å². The highest BCUT2D eigenvalue weighted by Gasteiger charge is 2.04. The van der Waals surface area contributed by atoms with Gasteiger partial charge >= 0.3 is 0 Å². The number of aromatic nitrogens is 2. The number of imidazole rings is 1. The molecule has 0 aliphatic rings. The fourth-order valence-electron chi connectivity index (χ4n) is 1.62. The van der Waals surface area contributed by atoms with Gasteiger partial charge in [-0.1, -0.05) is 6.07 Å². The smallest absolute Gasteiger partial charge is 0.110 e. The highest BCUT2D eigenvalue weighted by molar-refractivity contribution is 5.79. The van der Waals surface area contributed by atoms with Crippen molar-refractivity contribution in [1.82, 2.24) is 9.38 Å². The van der Waals surface area contributed by atoms with Crippen LogP contribution in [0.4, 0.5) is 0 Å². The van der Waals surface area contributed by atoms with Crippen molar-refractivity contribution >= 4 is 11.4 Å². The van der Waals surface area contributed by atoms with Crippen LogP contribution in [0.5, 0.6) is 0 Å². The monoisotopic (exact) mass is 188 g/mol. The van der Waals surface area contributed by atoms with E-state index in [2.05, 4.69) is 4.98 Å². The summed E-state index contributed by atoms with van der Waals surface area (Å²) >= 11 is 0. The van der Waals surface area contributed by atoms with Gasteiger partial charge in [-0.05, 0) is 19.1 Å². The molecule has 3 N–H and O–H groups in total. The van der Waals surface area contributed by atoms with Crippen LogP contribution < -0.4 is 5.73 Å². The van der Waals surface area contributed by atoms with E-state index in [1.807, 2.05) is 35.7 Å². The summed E-state index contributed by atoms with van der Waals surface area (Å²) in [6, 6.07) is 5.90. The predicted octanol–water partition coefficient (Wildman–Crippen LogP) is 1.12. The normalized spacial score (nSPS) is 10.6. The van der Waals surface area contributed by atoms with Crippen molar-refractivity contribution in [1.29, 1.82) is 5.41 Å². The second-order valence-corrected chi connectivity index (χ2v) is 3.28. The molecule has 0 aliphatic heterocycles. The molecule has 0 saturated carbocycles. The van der Waals surface area contributed by atoms with Crippen molar-refractivity contribution in [2.75, 3.05) is 0 Å². The summed E-state index contributed by atoms with van der Waals surface area (Å²) in [5.41, 5.74) is 7.43. The van der Waals surface area contributed by atoms with Crippen LogP contribution in [0, 0.1) is 12.3 Å². The van der Waals surface area contributed by atoms with E-state index >= 15 is 0 Å². The average molecular weight is 188 g/mol. The maximum absolute atomic E-state index is 7.27. The number of rotatable bonds is 2. The summed E-state index contributed by atoms with van der Waals surface area (Å²) in [6.45, 7) is 1.94. The van der Waals surface area contributed by atoms with E-state index in [-0.39, 0.29) is 5.84 Å². The van der Waals surface area contributed by atoms with Gasteiger partial charge in [-0.15, -0.1) is 0 Å². The molecule has 2 aromatic rings. The van der Waals surface area contributed by atoms with Gasteiger partial charge in [-0.2, -0.15) is 0 Å². The first-order chi connectivity index (χ1) is 6.68. The third kappa shape index (κ3) is 1.35. The first-order valence-electron chi connectivity index (χ1n) is 4.43. The standard InChI is InChI=1S/C10H12N4/c1-7-13-6-9-4-2-3-8(14(7)9)5-10(11)12/h2-4,6H,5H2,1H3,(H3,11,12). The Kier molecular flexibility index (Phi) is 1.96. The van der Waals surface area contributed by atoms with Gasteiger partial charge in [0, 0.05) is 12.1 Å². The zero-order chi connectivity index (χ0) is 10.1. The van der Waals surface area contributed by atoms with Gasteiger partial charge in [0.25, 0.3) is 0 Å². The first kappa shape index (κ1) is 8.74. The Labute approximate surface area is 81.9 Å². The van der Waals surface area contributed by atoms with Gasteiger partial charge < -0.3 is 10.1 Å². The fourth-order valence-corrected chi connectivity index (χ4v) is 1.62. The number of aryl methyl sites for hydroxylation is 1. The van der Waals surface area contributed by atoms with E-state index in [0.29, 0.717) is 6.42 Å². The number of nitrogens with two attached hydrogens (primary N) is 1. The molecule has 4 heteroatoms. The molecule has 2 heterocycles. The number of fused-ring (bicyclic) bond motifs is 1. The lowest BCUT2D eigenvalue weighted by molar-refractivity contribution is 0.968. The minimum atomic E-state index is 0.172. The van der Waals surface area contributed by atoms with Crippen molar-refractivity contribution in [2.45, 2.75) is 13.3 Å². The molecule has 0 saturated heterocycles. The number of nitrogens with one attached hydrogen (secondary N) is 1. The minimum Gasteiger partial charge on any atom is -0.387 e. The number of nitrogens with zero attached hydrogens (tertiary/aromatic N) is 2. The molecule has 2 rings (SSSR count). The van der Waals surface area contributed by atoms with Crippen molar-refractivity contribution in [3.05, 3.63) is 35.9 Å². The highest BCUT2D eigenvalue weighted by atomic mass is 15.0. The molecule has 14 heavy (non-hydrogen) atoms. The number of amidine groups is 1. The Balaban J connectivity index is 2.63. The van der Waals surface area contributed by atoms with Crippen LogP contribution in [0.2, 0.25) is 0 Å². The first-order valence-corrected chi connectivity index (χ1v) is 4.43. The van der Waals surface area contributed by atoms with Gasteiger partial charge in [0.05, 0.1) is 17.5 Å². The number of pyridine rings is 1. The molecule has 0 fully saturated rings. The molecule has 0 unspecified atom stereocenters. The van der Waals surface area contributed by atoms with Crippen molar-refractivity contribution in [3.8, 4) is 0 Å². The number of hydrogen-bond donors (Lipinski definition) is 2. The Hall–Kier alpha value is -1.84. The zero-order valence-corrected chi connectivity index (χ0v) is 7.99. The summed E-state index contributed by atoms with van der Waals surface area (Å²) in [5.74, 6) is 1.10. The van der Waals surface area contributed by atoms with Crippen LogP contribution >= 0.6 is 0 Å². The van der Waals surface area contributed by atoms with Crippen molar-refractivity contribution in [2.24, 2.45) is 5.73 Å². The van der Waals surface area contributed by atoms with Crippen LogP contribution in [-0.4, -0.2) is 15.2 Å². The largest absolute Gasteiger partial charge is 0.387 e. The van der Waals surface area contributed by atoms with Gasteiger partial charge in [0.15, 0.2) is 0 Å². The second-order valence-electron chi connectivity index (χ2n) is 3.28. The fraction of sp³-hybridized carbons (Fsp3) is 0.200. The third-order valence-corrected chi connectivity index (χ3v) is 2.18. The lowest BCUT2D eigenvalue weighted by Gasteiger charge is -2.05. The van der Waals surface area contributed by atoms with Crippen molar-refractivity contribution in [3.63, 3.8) is 0 Å². The summed E-state index contributed by atoms with van der Waals surface area (Å²) in [6.07, 6.45) is 2.29. The summed E-state index contributed by atoms with van der Waals surface area (Å²) in [4.78, 5) is 4.22. The lowest BCUT2D eigenvalue weighted by Crippen LogP contribution is -2.15. The molecular weight excluding hydrogens is 176 g/mol. The topological polar surface area (TPSA) is 67.2 Å². The maximum Gasteiger partial charge on any atom is 0.110 e. The second kappa shape index (κ2) is 3.14. The Bertz CT molecular complexity index is 484. The van der Waals surface area contributed by atoms with Gasteiger partial charge in [0.2, 0.25) is 0 Å². The predicted molar refractivity (Wildman–Crippen MR) is 55.5 cm³/mol. The molecule has 0 aromatic carbocycles. The molecule has 0 aliphatic carbocycles. The molecule has 0 bridgehead atoms. The Morgan fingerprint density at radius 3 is 3.07 bits per heavy atom. The van der Waals surface area contributed by atoms with Crippen LogP contribution in [0.3, 0.4) is 0 Å². The van der Waals surface area contributed by atoms with Gasteiger partial charge in [0.1, 0.15) is 5.82 Å². The molecule has 4 nitrogen and oxygen atoms in total. The molecule has 0 amide bonds. The van der Waals surface area contributed by atoms with Crippen LogP contribution in [-0.2, 0) is 6.42 Å². The zero-order valence-electron chi connectivity index (χ0n) is 7.99. The van der Waals surface area contributed by atoms with Gasteiger partial charge in [-0.25, -0.2) is 4.98 Å². The summed E-state index contributed by atoms with van der Waals surface area (Å²) in [7, 11) is 0. The molecule has 0 spiro atoms. The third-order valence-electron chi connectivity index (χ3n) is 2.18. The SMILES string of the molecule is Cc1ncc2cccc(CC(=N)N)n12. The molecule has 0 atom stereocenters. The average Bonchev–Trinajstić information content (AvgIpc) is 2.48. The Morgan fingerprint density at radius 2 is 2.36 bits per heavy atom. The Morgan fingerprint density at radius 1 is 1.57 bits per heavy atom. The van der Waals surface area contributed by atoms with E-state index in [1.54, 1.807) is 0 Å².